The molecule has 2 aromatic heterocycles. The summed E-state index contributed by atoms with van der Waals surface area (Å²) in [6.45, 7) is 2.09. The highest BCUT2D eigenvalue weighted by Gasteiger charge is 2.16. The molecule has 30 heavy (non-hydrogen) atoms. The van der Waals surface area contributed by atoms with E-state index in [1.54, 1.807) is 0 Å². The maximum atomic E-state index is 12.6. The van der Waals surface area contributed by atoms with Gasteiger partial charge in [0.05, 0.1) is 17.1 Å². The van der Waals surface area contributed by atoms with E-state index in [1.165, 1.54) is 5.57 Å². The van der Waals surface area contributed by atoms with Crippen LogP contribution in [0.2, 0.25) is 0 Å². The average Bonchev–Trinajstić information content (AvgIpc) is 3.28. The minimum absolute atomic E-state index is 0.127. The van der Waals surface area contributed by atoms with E-state index in [0.29, 0.717) is 5.76 Å². The van der Waals surface area contributed by atoms with E-state index in [-0.39, 0.29) is 12.3 Å². The second-order valence-electron chi connectivity index (χ2n) is 7.63. The third-order valence-electron chi connectivity index (χ3n) is 5.36. The highest BCUT2D eigenvalue weighted by molar-refractivity contribution is 5.87. The van der Waals surface area contributed by atoms with Gasteiger partial charge in [0.15, 0.2) is 5.76 Å². The van der Waals surface area contributed by atoms with Crippen molar-refractivity contribution in [2.75, 3.05) is 0 Å². The molecule has 0 saturated carbocycles. The maximum Gasteiger partial charge on any atom is 0.232 e. The number of aromatic amines is 1. The van der Waals surface area contributed by atoms with Crippen molar-refractivity contribution in [3.8, 4) is 0 Å². The summed E-state index contributed by atoms with van der Waals surface area (Å²) < 4.78 is 5.36. The summed E-state index contributed by atoms with van der Waals surface area (Å²) in [5.74, 6) is 1.31. The van der Waals surface area contributed by atoms with Crippen LogP contribution in [0.25, 0.3) is 28.6 Å². The lowest BCUT2D eigenvalue weighted by molar-refractivity contribution is -0.119. The van der Waals surface area contributed by atoms with Crippen molar-refractivity contribution < 1.29 is 9.32 Å². The molecular weight excluding hydrogens is 376 g/mol. The van der Waals surface area contributed by atoms with Gasteiger partial charge in [-0.15, -0.1) is 0 Å². The number of nitrogens with zero attached hydrogens (tertiary/aromatic N) is 2. The number of imidazole rings is 1. The molecule has 0 bridgehead atoms. The first-order valence-electron chi connectivity index (χ1n) is 10.1. The Morgan fingerprint density at radius 1 is 1.20 bits per heavy atom. The topological polar surface area (TPSA) is 83.8 Å². The molecule has 2 N–H and O–H groups in total. The fourth-order valence-electron chi connectivity index (χ4n) is 3.86. The molecule has 2 heterocycles. The number of aromatic nitrogens is 3. The molecule has 6 heteroatoms. The number of H-pyrrole nitrogens is 1. The Labute approximate surface area is 173 Å². The molecule has 1 amide bonds. The summed E-state index contributed by atoms with van der Waals surface area (Å²) >= 11 is 0. The number of amides is 1. The van der Waals surface area contributed by atoms with Gasteiger partial charge in [0.25, 0.3) is 0 Å². The van der Waals surface area contributed by atoms with Gasteiger partial charge >= 0.3 is 0 Å². The van der Waals surface area contributed by atoms with Crippen LogP contribution in [-0.4, -0.2) is 21.0 Å². The number of hydrogen-bond acceptors (Lipinski definition) is 4. The van der Waals surface area contributed by atoms with E-state index in [4.69, 9.17) is 9.51 Å². The Morgan fingerprint density at radius 3 is 3.03 bits per heavy atom. The van der Waals surface area contributed by atoms with Crippen LogP contribution in [0.5, 0.6) is 0 Å². The van der Waals surface area contributed by atoms with Crippen molar-refractivity contribution in [3.05, 3.63) is 76.0 Å². The first kappa shape index (κ1) is 18.4. The predicted molar refractivity (Wildman–Crippen MR) is 116 cm³/mol. The summed E-state index contributed by atoms with van der Waals surface area (Å²) in [6.07, 6.45) is 13.2. The molecule has 1 aromatic carbocycles. The third kappa shape index (κ3) is 3.64. The standard InChI is InChI=1S/C24H22N4O2/c1-15-6-4-11-20-21(12-15)27-24(26-20)16-7-5-8-17(13-16)25-23(29)14-22-18-9-2-3-10-19(18)28-30-22/h2-3,6,8-13H,4-5,7,14H2,1H3,(H,25,29)(H,26,27). The van der Waals surface area contributed by atoms with E-state index < -0.39 is 0 Å². The number of nitrogens with one attached hydrogen (secondary N) is 2. The van der Waals surface area contributed by atoms with Crippen LogP contribution >= 0.6 is 0 Å². The number of carbonyl (C=O) groups is 1. The highest BCUT2D eigenvalue weighted by Crippen LogP contribution is 2.23. The summed E-state index contributed by atoms with van der Waals surface area (Å²) in [6, 6.07) is 7.60. The molecule has 0 saturated heterocycles. The number of allylic oxidation sites excluding steroid dienone is 5. The zero-order chi connectivity index (χ0) is 20.5. The van der Waals surface area contributed by atoms with E-state index in [1.807, 2.05) is 36.4 Å². The first-order chi connectivity index (χ1) is 14.7. The minimum Gasteiger partial charge on any atom is -0.360 e. The maximum absolute atomic E-state index is 12.6. The summed E-state index contributed by atoms with van der Waals surface area (Å²) in [5.41, 5.74) is 3.87. The van der Waals surface area contributed by atoms with Crippen molar-refractivity contribution >= 4 is 34.5 Å². The second kappa shape index (κ2) is 7.63. The molecule has 0 aliphatic heterocycles. The van der Waals surface area contributed by atoms with E-state index >= 15 is 0 Å². The van der Waals surface area contributed by atoms with Gasteiger partial charge in [-0.25, -0.2) is 4.98 Å². The van der Waals surface area contributed by atoms with E-state index in [9.17, 15) is 4.79 Å². The molecule has 0 atom stereocenters. The van der Waals surface area contributed by atoms with Crippen LogP contribution in [0.15, 0.2) is 58.3 Å². The Balaban J connectivity index is 1.34. The van der Waals surface area contributed by atoms with Crippen LogP contribution < -0.4 is 16.0 Å². The van der Waals surface area contributed by atoms with Crippen molar-refractivity contribution in [1.82, 2.24) is 20.4 Å². The van der Waals surface area contributed by atoms with Crippen LogP contribution in [0.4, 0.5) is 0 Å². The van der Waals surface area contributed by atoms with Crippen molar-refractivity contribution in [2.45, 2.75) is 32.6 Å². The Bertz CT molecular complexity index is 1350. The second-order valence-corrected chi connectivity index (χ2v) is 7.63. The third-order valence-corrected chi connectivity index (χ3v) is 5.36. The molecule has 2 aliphatic carbocycles. The van der Waals surface area contributed by atoms with Gasteiger partial charge in [-0.1, -0.05) is 41.1 Å². The van der Waals surface area contributed by atoms with Crippen molar-refractivity contribution in [1.29, 1.82) is 0 Å². The normalized spacial score (nSPS) is 15.8. The molecule has 2 aliphatic rings. The Kier molecular flexibility index (Phi) is 4.67. The lowest BCUT2D eigenvalue weighted by atomic mass is 10.0. The summed E-state index contributed by atoms with van der Waals surface area (Å²) in [7, 11) is 0. The van der Waals surface area contributed by atoms with Crippen LogP contribution in [0, 0.1) is 0 Å². The molecule has 0 radical (unpaired) electrons. The average molecular weight is 398 g/mol. The summed E-state index contributed by atoms with van der Waals surface area (Å²) in [4.78, 5) is 20.8. The zero-order valence-corrected chi connectivity index (χ0v) is 16.7. The number of carbonyl (C=O) groups excluding carboxylic acids is 1. The minimum atomic E-state index is -0.127. The lowest BCUT2D eigenvalue weighted by Crippen LogP contribution is -2.24. The fourth-order valence-corrected chi connectivity index (χ4v) is 3.86. The number of benzene rings is 1. The van der Waals surface area contributed by atoms with E-state index in [2.05, 4.69) is 40.6 Å². The zero-order valence-electron chi connectivity index (χ0n) is 16.7. The molecule has 0 fully saturated rings. The van der Waals surface area contributed by atoms with Gasteiger partial charge in [-0.3, -0.25) is 4.79 Å². The van der Waals surface area contributed by atoms with Crippen LogP contribution in [0.3, 0.4) is 0 Å². The monoisotopic (exact) mass is 398 g/mol. The number of hydrogen-bond donors (Lipinski definition) is 2. The first-order valence-corrected chi connectivity index (χ1v) is 10.1. The molecule has 150 valence electrons. The van der Waals surface area contributed by atoms with Gasteiger partial charge in [0.1, 0.15) is 11.3 Å². The highest BCUT2D eigenvalue weighted by atomic mass is 16.5. The van der Waals surface area contributed by atoms with Crippen molar-refractivity contribution in [2.24, 2.45) is 0 Å². The van der Waals surface area contributed by atoms with Crippen molar-refractivity contribution in [3.63, 3.8) is 0 Å². The molecule has 5 rings (SSSR count). The Hall–Kier alpha value is -3.67. The smallest absolute Gasteiger partial charge is 0.232 e. The van der Waals surface area contributed by atoms with Gasteiger partial charge in [0.2, 0.25) is 5.91 Å². The predicted octanol–water partition coefficient (Wildman–Crippen LogP) is 2.88. The van der Waals surface area contributed by atoms with Gasteiger partial charge in [0, 0.05) is 11.1 Å². The van der Waals surface area contributed by atoms with Gasteiger partial charge < -0.3 is 14.8 Å². The fraction of sp³-hybridized carbons (Fsp3) is 0.208. The number of rotatable bonds is 4. The quantitative estimate of drug-likeness (QED) is 0.708. The van der Waals surface area contributed by atoms with E-state index in [0.717, 1.165) is 58.0 Å². The summed E-state index contributed by atoms with van der Waals surface area (Å²) in [5, 5.41) is 9.89. The van der Waals surface area contributed by atoms with Gasteiger partial charge in [-0.05, 0) is 56.0 Å². The largest absolute Gasteiger partial charge is 0.360 e. The molecular formula is C24H22N4O2. The molecule has 0 unspecified atom stereocenters. The molecule has 3 aromatic rings. The van der Waals surface area contributed by atoms with Crippen LogP contribution in [-0.2, 0) is 11.2 Å². The number of fused-ring (bicyclic) bond motifs is 2. The lowest BCUT2D eigenvalue weighted by Gasteiger charge is -2.13. The van der Waals surface area contributed by atoms with Crippen LogP contribution in [0.1, 0.15) is 37.8 Å². The van der Waals surface area contributed by atoms with Gasteiger partial charge in [-0.2, -0.15) is 0 Å². The Morgan fingerprint density at radius 2 is 2.10 bits per heavy atom. The molecule has 0 spiro atoms. The molecule has 6 nitrogen and oxygen atoms in total. The SMILES string of the molecule is CC1=CCC=c2nc(C3=CC(NC(=O)Cc4onc5ccccc45)=CCC3)[nH]c2=C1.